The number of carbonyl (C=O) groups excluding carboxylic acids is 1. The van der Waals surface area contributed by atoms with Crippen molar-refractivity contribution in [3.8, 4) is 11.1 Å². The van der Waals surface area contributed by atoms with Crippen molar-refractivity contribution in [3.05, 3.63) is 88.4 Å². The quantitative estimate of drug-likeness (QED) is 0.206. The summed E-state index contributed by atoms with van der Waals surface area (Å²) in [5.74, 6) is -1.75. The number of hydrogen-bond acceptors (Lipinski definition) is 3. The predicted molar refractivity (Wildman–Crippen MR) is 144 cm³/mol. The van der Waals surface area contributed by atoms with Gasteiger partial charge in [0.25, 0.3) is 5.91 Å². The van der Waals surface area contributed by atoms with Gasteiger partial charge in [-0.15, -0.1) is 0 Å². The Morgan fingerprint density at radius 3 is 2.13 bits per heavy atom. The molecular weight excluding hydrogens is 517 g/mol. The smallest absolute Gasteiger partial charge is 0.416 e. The number of carboxylic acid groups (broad SMARTS) is 1. The maximum Gasteiger partial charge on any atom is 0.416 e. The lowest BCUT2D eigenvalue weighted by molar-refractivity contribution is -0.139. The molecule has 38 heavy (non-hydrogen) atoms. The van der Waals surface area contributed by atoms with Gasteiger partial charge >= 0.3 is 12.1 Å². The van der Waals surface area contributed by atoms with Crippen LogP contribution < -0.4 is 10.6 Å². The minimum absolute atomic E-state index is 0.0225. The monoisotopic (exact) mass is 546 g/mol. The zero-order valence-corrected chi connectivity index (χ0v) is 21.7. The Bertz CT molecular complexity index is 1230. The summed E-state index contributed by atoms with van der Waals surface area (Å²) < 4.78 is 38.4. The summed E-state index contributed by atoms with van der Waals surface area (Å²) in [6.07, 6.45) is -0.136. The van der Waals surface area contributed by atoms with Crippen molar-refractivity contribution in [1.29, 1.82) is 0 Å². The maximum absolute atomic E-state index is 13.0. The van der Waals surface area contributed by atoms with E-state index in [0.29, 0.717) is 33.9 Å². The average molecular weight is 547 g/mol. The molecule has 0 saturated carbocycles. The summed E-state index contributed by atoms with van der Waals surface area (Å²) in [7, 11) is 0. The Balaban J connectivity index is 1.68. The lowest BCUT2D eigenvalue weighted by Crippen LogP contribution is -2.42. The van der Waals surface area contributed by atoms with Gasteiger partial charge in [0, 0.05) is 23.7 Å². The van der Waals surface area contributed by atoms with Crippen LogP contribution in [0.1, 0.15) is 54.1 Å². The normalized spacial score (nSPS) is 12.1. The summed E-state index contributed by atoms with van der Waals surface area (Å²) in [5, 5.41) is 15.9. The van der Waals surface area contributed by atoms with Crippen LogP contribution in [-0.2, 0) is 17.4 Å². The summed E-state index contributed by atoms with van der Waals surface area (Å²) in [6, 6.07) is 15.3. The van der Waals surface area contributed by atoms with Gasteiger partial charge in [0.05, 0.1) is 11.1 Å². The van der Waals surface area contributed by atoms with Crippen LogP contribution in [0.4, 0.5) is 18.9 Å². The third-order valence-electron chi connectivity index (χ3n) is 6.11. The topological polar surface area (TPSA) is 78.4 Å². The van der Waals surface area contributed by atoms with Gasteiger partial charge in [0.1, 0.15) is 6.04 Å². The van der Waals surface area contributed by atoms with Crippen LogP contribution >= 0.6 is 11.6 Å². The van der Waals surface area contributed by atoms with E-state index >= 15 is 0 Å². The molecule has 0 saturated heterocycles. The minimum Gasteiger partial charge on any atom is -0.480 e. The van der Waals surface area contributed by atoms with Crippen LogP contribution in [0.15, 0.2) is 66.7 Å². The fourth-order valence-corrected chi connectivity index (χ4v) is 4.16. The number of halogens is 4. The summed E-state index contributed by atoms with van der Waals surface area (Å²) >= 11 is 6.11. The van der Waals surface area contributed by atoms with Crippen molar-refractivity contribution in [1.82, 2.24) is 5.32 Å². The van der Waals surface area contributed by atoms with Crippen molar-refractivity contribution < 1.29 is 27.9 Å². The van der Waals surface area contributed by atoms with Crippen molar-refractivity contribution in [2.24, 2.45) is 0 Å². The number of rotatable bonds is 12. The van der Waals surface area contributed by atoms with Crippen LogP contribution in [0.5, 0.6) is 0 Å². The van der Waals surface area contributed by atoms with Gasteiger partial charge in [-0.2, -0.15) is 13.2 Å². The first-order valence-electron chi connectivity index (χ1n) is 12.4. The molecule has 0 fully saturated rings. The molecule has 0 unspecified atom stereocenters. The van der Waals surface area contributed by atoms with E-state index < -0.39 is 29.7 Å². The molecule has 0 aliphatic heterocycles. The second kappa shape index (κ2) is 13.3. The fraction of sp³-hybridized carbons (Fsp3) is 0.310. The maximum atomic E-state index is 13.0. The highest BCUT2D eigenvalue weighted by Gasteiger charge is 2.30. The highest BCUT2D eigenvalue weighted by atomic mass is 35.5. The minimum atomic E-state index is -4.41. The van der Waals surface area contributed by atoms with E-state index in [1.807, 2.05) is 0 Å². The molecule has 9 heteroatoms. The highest BCUT2D eigenvalue weighted by Crippen LogP contribution is 2.31. The van der Waals surface area contributed by atoms with Crippen LogP contribution in [0.25, 0.3) is 11.1 Å². The van der Waals surface area contributed by atoms with Crippen LogP contribution in [-0.4, -0.2) is 29.6 Å². The second-order valence-corrected chi connectivity index (χ2v) is 9.45. The molecule has 0 heterocycles. The molecular formula is C29H30ClF3N2O3. The zero-order valence-electron chi connectivity index (χ0n) is 20.9. The predicted octanol–water partition coefficient (Wildman–Crippen LogP) is 7.44. The molecule has 1 atom stereocenters. The number of benzene rings is 3. The van der Waals surface area contributed by atoms with E-state index in [0.717, 1.165) is 37.8 Å². The average Bonchev–Trinajstić information content (AvgIpc) is 2.88. The second-order valence-electron chi connectivity index (χ2n) is 9.02. The lowest BCUT2D eigenvalue weighted by Gasteiger charge is -2.17. The third-order valence-corrected chi connectivity index (χ3v) is 6.35. The van der Waals surface area contributed by atoms with E-state index in [1.54, 1.807) is 36.4 Å². The van der Waals surface area contributed by atoms with Gasteiger partial charge in [0.2, 0.25) is 0 Å². The largest absolute Gasteiger partial charge is 0.480 e. The molecule has 3 aromatic carbocycles. The summed E-state index contributed by atoms with van der Waals surface area (Å²) in [5.41, 5.74) is 2.04. The summed E-state index contributed by atoms with van der Waals surface area (Å²) in [4.78, 5) is 25.0. The van der Waals surface area contributed by atoms with E-state index in [9.17, 15) is 27.9 Å². The van der Waals surface area contributed by atoms with Gasteiger partial charge in [-0.25, -0.2) is 4.79 Å². The van der Waals surface area contributed by atoms with Crippen molar-refractivity contribution >= 4 is 29.2 Å². The number of unbranched alkanes of at least 4 members (excludes halogenated alkanes) is 3. The van der Waals surface area contributed by atoms with Gasteiger partial charge in [-0.1, -0.05) is 74.2 Å². The standard InChI is InChI=1S/C29H30ClF3N2O3/c1-2-3-4-5-16-34-25-15-14-23(30)18-24(25)27(36)35-26(28(37)38)17-19-6-8-20(9-7-19)21-10-12-22(13-11-21)29(31,32)33/h6-15,18,26,34H,2-5,16-17H2,1H3,(H,35,36)(H,37,38)/t26-/m0/s1. The van der Waals surface area contributed by atoms with Crippen molar-refractivity contribution in [3.63, 3.8) is 0 Å². The molecule has 3 aromatic rings. The van der Waals surface area contributed by atoms with E-state index in [-0.39, 0.29) is 12.0 Å². The van der Waals surface area contributed by atoms with Gasteiger partial charge < -0.3 is 15.7 Å². The summed E-state index contributed by atoms with van der Waals surface area (Å²) in [6.45, 7) is 2.80. The number of amides is 1. The number of carboxylic acids is 1. The first-order chi connectivity index (χ1) is 18.1. The molecule has 0 spiro atoms. The first kappa shape index (κ1) is 29.0. The molecule has 1 amide bonds. The Hall–Kier alpha value is -3.52. The van der Waals surface area contributed by atoms with Crippen LogP contribution in [0, 0.1) is 0 Å². The molecule has 0 bridgehead atoms. The zero-order chi connectivity index (χ0) is 27.7. The molecule has 5 nitrogen and oxygen atoms in total. The molecule has 3 rings (SSSR count). The van der Waals surface area contributed by atoms with Crippen LogP contribution in [0.2, 0.25) is 5.02 Å². The highest BCUT2D eigenvalue weighted by molar-refractivity contribution is 6.31. The third kappa shape index (κ3) is 8.25. The Labute approximate surface area is 225 Å². The number of anilines is 1. The number of nitrogens with one attached hydrogen (secondary N) is 2. The molecule has 0 radical (unpaired) electrons. The number of hydrogen-bond donors (Lipinski definition) is 3. The van der Waals surface area contributed by atoms with Gasteiger partial charge in [0.15, 0.2) is 0 Å². The van der Waals surface area contributed by atoms with E-state index in [4.69, 9.17) is 11.6 Å². The van der Waals surface area contributed by atoms with Gasteiger partial charge in [-0.3, -0.25) is 4.79 Å². The van der Waals surface area contributed by atoms with E-state index in [1.165, 1.54) is 18.2 Å². The fourth-order valence-electron chi connectivity index (χ4n) is 3.99. The Kier molecular flexibility index (Phi) is 10.2. The molecule has 3 N–H and O–H groups in total. The van der Waals surface area contributed by atoms with Crippen molar-refractivity contribution in [2.45, 2.75) is 51.2 Å². The van der Waals surface area contributed by atoms with E-state index in [2.05, 4.69) is 17.6 Å². The first-order valence-corrected chi connectivity index (χ1v) is 12.8. The number of alkyl halides is 3. The molecule has 202 valence electrons. The Morgan fingerprint density at radius 1 is 0.921 bits per heavy atom. The lowest BCUT2D eigenvalue weighted by atomic mass is 9.99. The molecule has 0 aliphatic carbocycles. The Morgan fingerprint density at radius 2 is 1.55 bits per heavy atom. The van der Waals surface area contributed by atoms with Gasteiger partial charge in [-0.05, 0) is 53.4 Å². The number of carbonyl (C=O) groups is 2. The molecule has 0 aromatic heterocycles. The van der Waals surface area contributed by atoms with Crippen molar-refractivity contribution in [2.75, 3.05) is 11.9 Å². The van der Waals surface area contributed by atoms with Crippen LogP contribution in [0.3, 0.4) is 0 Å². The number of aliphatic carboxylic acids is 1. The molecule has 0 aliphatic rings. The SMILES string of the molecule is CCCCCCNc1ccc(Cl)cc1C(=O)N[C@@H](Cc1ccc(-c2ccc(C(F)(F)F)cc2)cc1)C(=O)O.